The van der Waals surface area contributed by atoms with Crippen LogP contribution < -0.4 is 10.6 Å². The predicted molar refractivity (Wildman–Crippen MR) is 105 cm³/mol. The summed E-state index contributed by atoms with van der Waals surface area (Å²) in [6.45, 7) is 11.5. The summed E-state index contributed by atoms with van der Waals surface area (Å²) in [4.78, 5) is 13.0. The van der Waals surface area contributed by atoms with Gasteiger partial charge in [0, 0.05) is 23.7 Å². The highest BCUT2D eigenvalue weighted by Gasteiger charge is 2.28. The summed E-state index contributed by atoms with van der Waals surface area (Å²) in [5, 5.41) is 11.4. The van der Waals surface area contributed by atoms with Gasteiger partial charge in [0.1, 0.15) is 0 Å². The molecule has 2 aromatic rings. The Morgan fingerprint density at radius 1 is 1.27 bits per heavy atom. The molecule has 1 aromatic carbocycles. The average molecular weight is 354 g/mol. The lowest BCUT2D eigenvalue weighted by molar-refractivity contribution is 0.0923. The molecular formula is C21H30N4O. The van der Waals surface area contributed by atoms with Crippen LogP contribution in [0.2, 0.25) is 0 Å². The molecule has 5 heteroatoms. The van der Waals surface area contributed by atoms with Crippen molar-refractivity contribution in [3.05, 3.63) is 47.3 Å². The van der Waals surface area contributed by atoms with Crippen molar-refractivity contribution in [3.63, 3.8) is 0 Å². The van der Waals surface area contributed by atoms with Crippen LogP contribution in [0.25, 0.3) is 5.69 Å². The van der Waals surface area contributed by atoms with Crippen LogP contribution in [0.3, 0.4) is 0 Å². The van der Waals surface area contributed by atoms with Gasteiger partial charge in [-0.15, -0.1) is 0 Å². The van der Waals surface area contributed by atoms with E-state index >= 15 is 0 Å². The van der Waals surface area contributed by atoms with Crippen molar-refractivity contribution in [1.82, 2.24) is 20.4 Å². The highest BCUT2D eigenvalue weighted by Crippen LogP contribution is 2.26. The van der Waals surface area contributed by atoms with Gasteiger partial charge in [-0.2, -0.15) is 5.10 Å². The van der Waals surface area contributed by atoms with Crippen LogP contribution in [0.5, 0.6) is 0 Å². The molecule has 1 saturated heterocycles. The van der Waals surface area contributed by atoms with E-state index in [2.05, 4.69) is 57.4 Å². The maximum Gasteiger partial charge on any atom is 0.255 e. The van der Waals surface area contributed by atoms with Gasteiger partial charge in [-0.05, 0) is 45.4 Å². The molecule has 0 bridgehead atoms. The van der Waals surface area contributed by atoms with Gasteiger partial charge in [0.15, 0.2) is 0 Å². The number of nitrogens with one attached hydrogen (secondary N) is 2. The molecule has 2 heterocycles. The van der Waals surface area contributed by atoms with Crippen LogP contribution >= 0.6 is 0 Å². The maximum absolute atomic E-state index is 13.0. The van der Waals surface area contributed by atoms with E-state index in [1.54, 1.807) is 0 Å². The first-order chi connectivity index (χ1) is 12.2. The van der Waals surface area contributed by atoms with Gasteiger partial charge in [0.25, 0.3) is 5.91 Å². The lowest BCUT2D eigenvalue weighted by atomic mass is 9.89. The molecular weight excluding hydrogens is 324 g/mol. The van der Waals surface area contributed by atoms with E-state index in [0.29, 0.717) is 11.6 Å². The van der Waals surface area contributed by atoms with Gasteiger partial charge in [-0.3, -0.25) is 4.79 Å². The number of rotatable bonds is 3. The molecule has 0 radical (unpaired) electrons. The second-order valence-corrected chi connectivity index (χ2v) is 8.47. The first-order valence-corrected chi connectivity index (χ1v) is 9.45. The zero-order valence-electron chi connectivity index (χ0n) is 16.5. The zero-order chi connectivity index (χ0) is 18.9. The Labute approximate surface area is 156 Å². The van der Waals surface area contributed by atoms with Crippen molar-refractivity contribution < 1.29 is 4.79 Å². The van der Waals surface area contributed by atoms with Crippen molar-refractivity contribution in [1.29, 1.82) is 0 Å². The molecule has 1 aliphatic heterocycles. The smallest absolute Gasteiger partial charge is 0.255 e. The molecule has 2 atom stereocenters. The highest BCUT2D eigenvalue weighted by atomic mass is 16.1. The molecule has 0 saturated carbocycles. The minimum atomic E-state index is -0.204. The van der Waals surface area contributed by atoms with Gasteiger partial charge >= 0.3 is 0 Å². The van der Waals surface area contributed by atoms with E-state index in [-0.39, 0.29) is 17.4 Å². The van der Waals surface area contributed by atoms with Gasteiger partial charge in [0.2, 0.25) is 0 Å². The van der Waals surface area contributed by atoms with Gasteiger partial charge in [0.05, 0.1) is 16.9 Å². The van der Waals surface area contributed by atoms with Gasteiger partial charge in [-0.25, -0.2) is 4.68 Å². The summed E-state index contributed by atoms with van der Waals surface area (Å²) in [6, 6.07) is 8.84. The monoisotopic (exact) mass is 354 g/mol. The van der Waals surface area contributed by atoms with Crippen molar-refractivity contribution >= 4 is 5.91 Å². The quantitative estimate of drug-likeness (QED) is 0.889. The zero-order valence-corrected chi connectivity index (χ0v) is 16.5. The molecule has 140 valence electrons. The molecule has 26 heavy (non-hydrogen) atoms. The maximum atomic E-state index is 13.0. The Balaban J connectivity index is 1.89. The van der Waals surface area contributed by atoms with Crippen LogP contribution in [-0.2, 0) is 5.41 Å². The number of hydrogen-bond donors (Lipinski definition) is 2. The van der Waals surface area contributed by atoms with Crippen molar-refractivity contribution in [2.45, 2.75) is 65.0 Å². The number of carbonyl (C=O) groups is 1. The fourth-order valence-electron chi connectivity index (χ4n) is 3.45. The Hall–Kier alpha value is -2.14. The Bertz CT molecular complexity index is 770. The van der Waals surface area contributed by atoms with E-state index in [0.717, 1.165) is 30.8 Å². The first-order valence-electron chi connectivity index (χ1n) is 9.45. The summed E-state index contributed by atoms with van der Waals surface area (Å²) < 4.78 is 1.82. The summed E-state index contributed by atoms with van der Waals surface area (Å²) in [7, 11) is 0. The molecule has 1 aromatic heterocycles. The third-order valence-corrected chi connectivity index (χ3v) is 4.93. The number of hydrogen-bond acceptors (Lipinski definition) is 3. The largest absolute Gasteiger partial charge is 0.349 e. The molecule has 1 amide bonds. The fourth-order valence-corrected chi connectivity index (χ4v) is 3.45. The Kier molecular flexibility index (Phi) is 5.19. The van der Waals surface area contributed by atoms with Crippen molar-refractivity contribution in [2.75, 3.05) is 6.54 Å². The lowest BCUT2D eigenvalue weighted by Gasteiger charge is -2.29. The minimum Gasteiger partial charge on any atom is -0.349 e. The fraction of sp³-hybridized carbons (Fsp3) is 0.524. The molecule has 5 nitrogen and oxygen atoms in total. The van der Waals surface area contributed by atoms with Crippen LogP contribution in [0.4, 0.5) is 0 Å². The minimum absolute atomic E-state index is 0.0209. The van der Waals surface area contributed by atoms with E-state index in [4.69, 9.17) is 5.10 Å². The van der Waals surface area contributed by atoms with Crippen LogP contribution in [0.15, 0.2) is 30.5 Å². The van der Waals surface area contributed by atoms with Crippen molar-refractivity contribution in [2.24, 2.45) is 0 Å². The second-order valence-electron chi connectivity index (χ2n) is 8.47. The third-order valence-electron chi connectivity index (χ3n) is 4.93. The molecule has 3 rings (SSSR count). The molecule has 1 fully saturated rings. The van der Waals surface area contributed by atoms with E-state index < -0.39 is 0 Å². The number of amides is 1. The molecule has 0 aliphatic carbocycles. The van der Waals surface area contributed by atoms with E-state index in [1.807, 2.05) is 23.0 Å². The Morgan fingerprint density at radius 2 is 1.96 bits per heavy atom. The van der Waals surface area contributed by atoms with Crippen LogP contribution in [0.1, 0.15) is 62.2 Å². The van der Waals surface area contributed by atoms with Crippen LogP contribution in [0, 0.1) is 6.92 Å². The topological polar surface area (TPSA) is 59.0 Å². The van der Waals surface area contributed by atoms with Crippen molar-refractivity contribution in [3.8, 4) is 5.69 Å². The van der Waals surface area contributed by atoms with E-state index in [1.165, 1.54) is 5.56 Å². The summed E-state index contributed by atoms with van der Waals surface area (Å²) in [6.07, 6.45) is 3.79. The SMILES string of the molecule is Cc1ccc(-n2cc(C(=O)NC3CCNC(C)C3)c(C(C)(C)C)n2)cc1. The lowest BCUT2D eigenvalue weighted by Crippen LogP contribution is -2.46. The molecule has 1 aliphatic rings. The predicted octanol–water partition coefficient (Wildman–Crippen LogP) is 3.35. The molecule has 2 N–H and O–H groups in total. The molecule has 0 spiro atoms. The number of nitrogens with zero attached hydrogens (tertiary/aromatic N) is 2. The third kappa shape index (κ3) is 4.15. The van der Waals surface area contributed by atoms with E-state index in [9.17, 15) is 4.79 Å². The highest BCUT2D eigenvalue weighted by molar-refractivity contribution is 5.95. The number of aryl methyl sites for hydroxylation is 1. The summed E-state index contributed by atoms with van der Waals surface area (Å²) in [5.74, 6) is -0.0209. The number of benzene rings is 1. The number of carbonyl (C=O) groups excluding carboxylic acids is 1. The summed E-state index contributed by atoms with van der Waals surface area (Å²) >= 11 is 0. The normalized spacial score (nSPS) is 20.8. The second kappa shape index (κ2) is 7.23. The number of piperidine rings is 1. The number of aromatic nitrogens is 2. The summed E-state index contributed by atoms with van der Waals surface area (Å²) in [5.41, 5.74) is 3.47. The van der Waals surface area contributed by atoms with Gasteiger partial charge in [-0.1, -0.05) is 38.5 Å². The first kappa shape index (κ1) is 18.6. The average Bonchev–Trinajstić information content (AvgIpc) is 3.01. The molecule has 2 unspecified atom stereocenters. The standard InChI is InChI=1S/C21H30N4O/c1-14-6-8-17(9-7-14)25-13-18(19(24-25)21(3,4)5)20(26)23-16-10-11-22-15(2)12-16/h6-9,13,15-16,22H,10-12H2,1-5H3,(H,23,26). The Morgan fingerprint density at radius 3 is 2.58 bits per heavy atom. The van der Waals surface area contributed by atoms with Crippen LogP contribution in [-0.4, -0.2) is 34.3 Å². The van der Waals surface area contributed by atoms with Gasteiger partial charge < -0.3 is 10.6 Å².